The second-order valence-corrected chi connectivity index (χ2v) is 9.62. The third kappa shape index (κ3) is 4.94. The topological polar surface area (TPSA) is 84.5 Å². The Morgan fingerprint density at radius 1 is 1.07 bits per heavy atom. The average Bonchev–Trinajstić information content (AvgIpc) is 2.66. The van der Waals surface area contributed by atoms with Gasteiger partial charge in [-0.1, -0.05) is 11.6 Å². The van der Waals surface area contributed by atoms with Crippen LogP contribution >= 0.6 is 11.6 Å². The van der Waals surface area contributed by atoms with Crippen LogP contribution in [0.15, 0.2) is 18.2 Å². The van der Waals surface area contributed by atoms with E-state index in [1.165, 1.54) is 31.4 Å². The lowest BCUT2D eigenvalue weighted by Crippen LogP contribution is -2.48. The van der Waals surface area contributed by atoms with Gasteiger partial charge >= 0.3 is 5.97 Å². The van der Waals surface area contributed by atoms with Crippen LogP contribution in [0, 0.1) is 29.0 Å². The van der Waals surface area contributed by atoms with Gasteiger partial charge in [0.1, 0.15) is 12.4 Å². The normalized spacial score (nSPS) is 28.8. The van der Waals surface area contributed by atoms with Crippen LogP contribution in [-0.2, 0) is 19.1 Å². The minimum atomic E-state index is -0.679. The predicted molar refractivity (Wildman–Crippen MR) is 109 cm³/mol. The molecular formula is C22H26ClFN2O4. The zero-order chi connectivity index (χ0) is 21.3. The fraction of sp³-hybridized carbons (Fsp3) is 0.591. The van der Waals surface area contributed by atoms with Crippen LogP contribution in [0.25, 0.3) is 0 Å². The molecule has 4 saturated carbocycles. The van der Waals surface area contributed by atoms with Crippen molar-refractivity contribution >= 4 is 35.1 Å². The van der Waals surface area contributed by atoms with Gasteiger partial charge in [0.15, 0.2) is 6.61 Å². The predicted octanol–water partition coefficient (Wildman–Crippen LogP) is 3.68. The minimum absolute atomic E-state index is 0.110. The van der Waals surface area contributed by atoms with Crippen LogP contribution in [0.2, 0.25) is 5.02 Å². The third-order valence-corrected chi connectivity index (χ3v) is 6.99. The first-order valence-electron chi connectivity index (χ1n) is 10.5. The SMILES string of the molecule is O=C(CC12CC3CC(CC(C3)C1)C2)NCC(=O)OCC(=O)Nc1ccc(F)c(Cl)c1. The molecule has 4 bridgehead atoms. The molecule has 162 valence electrons. The molecule has 0 atom stereocenters. The molecule has 0 radical (unpaired) electrons. The Bertz CT molecular complexity index is 824. The molecule has 0 spiro atoms. The number of rotatable bonds is 7. The Labute approximate surface area is 179 Å². The summed E-state index contributed by atoms with van der Waals surface area (Å²) in [6, 6.07) is 3.75. The summed E-state index contributed by atoms with van der Waals surface area (Å²) in [6.45, 7) is -0.764. The number of benzene rings is 1. The summed E-state index contributed by atoms with van der Waals surface area (Å²) in [6.07, 6.45) is 7.81. The van der Waals surface area contributed by atoms with Gasteiger partial charge in [0, 0.05) is 12.1 Å². The second kappa shape index (κ2) is 8.53. The van der Waals surface area contributed by atoms with Crippen LogP contribution in [0.4, 0.5) is 10.1 Å². The molecule has 5 rings (SSSR count). The maximum absolute atomic E-state index is 13.1. The second-order valence-electron chi connectivity index (χ2n) is 9.21. The Balaban J connectivity index is 1.17. The van der Waals surface area contributed by atoms with E-state index in [2.05, 4.69) is 10.6 Å². The van der Waals surface area contributed by atoms with Gasteiger partial charge < -0.3 is 15.4 Å². The van der Waals surface area contributed by atoms with Crippen LogP contribution < -0.4 is 10.6 Å². The van der Waals surface area contributed by atoms with Gasteiger partial charge in [-0.25, -0.2) is 4.39 Å². The third-order valence-electron chi connectivity index (χ3n) is 6.70. The molecule has 4 aliphatic carbocycles. The largest absolute Gasteiger partial charge is 0.454 e. The number of anilines is 1. The van der Waals surface area contributed by atoms with E-state index in [-0.39, 0.29) is 22.9 Å². The summed E-state index contributed by atoms with van der Waals surface area (Å²) in [5.41, 5.74) is 0.408. The highest BCUT2D eigenvalue weighted by molar-refractivity contribution is 6.31. The highest BCUT2D eigenvalue weighted by atomic mass is 35.5. The van der Waals surface area contributed by atoms with Crippen molar-refractivity contribution in [2.24, 2.45) is 23.2 Å². The van der Waals surface area contributed by atoms with E-state index in [0.717, 1.165) is 43.1 Å². The Kier molecular flexibility index (Phi) is 6.00. The average molecular weight is 437 g/mol. The monoisotopic (exact) mass is 436 g/mol. The lowest BCUT2D eigenvalue weighted by atomic mass is 9.49. The van der Waals surface area contributed by atoms with Crippen molar-refractivity contribution in [3.63, 3.8) is 0 Å². The number of ether oxygens (including phenoxy) is 1. The molecule has 0 unspecified atom stereocenters. The van der Waals surface area contributed by atoms with Gasteiger partial charge in [-0.15, -0.1) is 0 Å². The highest BCUT2D eigenvalue weighted by Crippen LogP contribution is 2.61. The van der Waals surface area contributed by atoms with E-state index in [1.54, 1.807) is 0 Å². The van der Waals surface area contributed by atoms with Gasteiger partial charge in [-0.2, -0.15) is 0 Å². The van der Waals surface area contributed by atoms with Gasteiger partial charge in [0.05, 0.1) is 5.02 Å². The van der Waals surface area contributed by atoms with E-state index in [1.807, 2.05) is 0 Å². The first kappa shape index (κ1) is 21.1. The maximum atomic E-state index is 13.1. The molecule has 1 aromatic carbocycles. The molecule has 8 heteroatoms. The maximum Gasteiger partial charge on any atom is 0.325 e. The van der Waals surface area contributed by atoms with Crippen LogP contribution in [0.3, 0.4) is 0 Å². The summed E-state index contributed by atoms with van der Waals surface area (Å²) >= 11 is 5.66. The van der Waals surface area contributed by atoms with Crippen LogP contribution in [-0.4, -0.2) is 30.9 Å². The van der Waals surface area contributed by atoms with Crippen molar-refractivity contribution in [1.82, 2.24) is 5.32 Å². The quantitative estimate of drug-likeness (QED) is 0.638. The van der Waals surface area contributed by atoms with Crippen molar-refractivity contribution < 1.29 is 23.5 Å². The first-order valence-corrected chi connectivity index (χ1v) is 10.9. The fourth-order valence-electron chi connectivity index (χ4n) is 6.05. The van der Waals surface area contributed by atoms with E-state index < -0.39 is 24.3 Å². The molecule has 1 aromatic rings. The van der Waals surface area contributed by atoms with Gasteiger partial charge in [-0.3, -0.25) is 14.4 Å². The number of hydrogen-bond acceptors (Lipinski definition) is 4. The van der Waals surface area contributed by atoms with Crippen molar-refractivity contribution in [3.8, 4) is 0 Å². The molecule has 4 aliphatic rings. The summed E-state index contributed by atoms with van der Waals surface area (Å²) in [5.74, 6) is 0.326. The zero-order valence-corrected chi connectivity index (χ0v) is 17.5. The Morgan fingerprint density at radius 3 is 2.30 bits per heavy atom. The molecule has 30 heavy (non-hydrogen) atoms. The van der Waals surface area contributed by atoms with Gasteiger partial charge in [0.25, 0.3) is 5.91 Å². The smallest absolute Gasteiger partial charge is 0.325 e. The summed E-state index contributed by atoms with van der Waals surface area (Å²) in [4.78, 5) is 36.2. The van der Waals surface area contributed by atoms with Crippen molar-refractivity contribution in [2.75, 3.05) is 18.5 Å². The standard InChI is InChI=1S/C22H26ClFN2O4/c23-17-6-16(1-2-18(17)24)26-20(28)12-30-21(29)11-25-19(27)10-22-7-13-3-14(8-22)5-15(4-13)9-22/h1-2,6,13-15H,3-5,7-12H2,(H,25,27)(H,26,28). The molecule has 0 heterocycles. The van der Waals surface area contributed by atoms with Crippen molar-refractivity contribution in [1.29, 1.82) is 0 Å². The molecule has 2 amide bonds. The van der Waals surface area contributed by atoms with Gasteiger partial charge in [0.2, 0.25) is 5.91 Å². The summed E-state index contributed by atoms with van der Waals surface area (Å²) in [7, 11) is 0. The van der Waals surface area contributed by atoms with Gasteiger partial charge in [-0.05, 0) is 79.9 Å². The molecule has 0 aromatic heterocycles. The van der Waals surface area contributed by atoms with Crippen LogP contribution in [0.1, 0.15) is 44.9 Å². The van der Waals surface area contributed by atoms with E-state index >= 15 is 0 Å². The number of nitrogens with one attached hydrogen (secondary N) is 2. The van der Waals surface area contributed by atoms with E-state index in [4.69, 9.17) is 16.3 Å². The summed E-state index contributed by atoms with van der Waals surface area (Å²) < 4.78 is 18.0. The highest BCUT2D eigenvalue weighted by Gasteiger charge is 2.51. The number of esters is 1. The molecule has 0 saturated heterocycles. The number of hydrogen-bond donors (Lipinski definition) is 2. The molecule has 6 nitrogen and oxygen atoms in total. The van der Waals surface area contributed by atoms with Crippen molar-refractivity contribution in [2.45, 2.75) is 44.9 Å². The molecule has 0 aliphatic heterocycles. The number of amides is 2. The molecular weight excluding hydrogens is 411 g/mol. The van der Waals surface area contributed by atoms with Crippen molar-refractivity contribution in [3.05, 3.63) is 29.0 Å². The van der Waals surface area contributed by atoms with E-state index in [0.29, 0.717) is 12.1 Å². The minimum Gasteiger partial charge on any atom is -0.454 e. The number of carbonyl (C=O) groups excluding carboxylic acids is 3. The summed E-state index contributed by atoms with van der Waals surface area (Å²) in [5, 5.41) is 4.98. The fourth-order valence-corrected chi connectivity index (χ4v) is 6.23. The number of halogens is 2. The van der Waals surface area contributed by atoms with E-state index in [9.17, 15) is 18.8 Å². The first-order chi connectivity index (χ1) is 14.3. The zero-order valence-electron chi connectivity index (χ0n) is 16.7. The number of carbonyl (C=O) groups is 3. The lowest BCUT2D eigenvalue weighted by Gasteiger charge is -2.56. The van der Waals surface area contributed by atoms with Crippen LogP contribution in [0.5, 0.6) is 0 Å². The molecule has 4 fully saturated rings. The lowest BCUT2D eigenvalue weighted by molar-refractivity contribution is -0.147. The Morgan fingerprint density at radius 2 is 1.70 bits per heavy atom. The molecule has 2 N–H and O–H groups in total. The Hall–Kier alpha value is -2.15.